The summed E-state index contributed by atoms with van der Waals surface area (Å²) in [5, 5.41) is 20.7. The molecule has 4 aromatic rings. The first kappa shape index (κ1) is 19.7. The van der Waals surface area contributed by atoms with Gasteiger partial charge in [-0.05, 0) is 38.7 Å². The van der Waals surface area contributed by atoms with E-state index in [1.807, 2.05) is 13.1 Å². The van der Waals surface area contributed by atoms with E-state index in [1.165, 1.54) is 23.8 Å². The summed E-state index contributed by atoms with van der Waals surface area (Å²) in [6.07, 6.45) is 6.43. The van der Waals surface area contributed by atoms with Gasteiger partial charge in [-0.25, -0.2) is 14.4 Å². The van der Waals surface area contributed by atoms with Gasteiger partial charge in [-0.3, -0.25) is 4.68 Å². The second kappa shape index (κ2) is 7.16. The second-order valence-corrected chi connectivity index (χ2v) is 8.09. The largest absolute Gasteiger partial charge is 0.494 e. The number of benzene rings is 1. The van der Waals surface area contributed by atoms with E-state index < -0.39 is 11.4 Å². The molecule has 5 rings (SSSR count). The highest BCUT2D eigenvalue weighted by Gasteiger charge is 2.39. The summed E-state index contributed by atoms with van der Waals surface area (Å²) in [7, 11) is 1.40. The third-order valence-corrected chi connectivity index (χ3v) is 6.17. The summed E-state index contributed by atoms with van der Waals surface area (Å²) in [6.45, 7) is 2.75. The number of methoxy groups -OCH3 is 1. The van der Waals surface area contributed by atoms with Gasteiger partial charge in [-0.1, -0.05) is 0 Å². The number of nitrogens with zero attached hydrogens (tertiary/aromatic N) is 6. The Kier molecular flexibility index (Phi) is 4.54. The molecule has 1 saturated carbocycles. The van der Waals surface area contributed by atoms with Crippen molar-refractivity contribution in [1.82, 2.24) is 29.4 Å². The minimum absolute atomic E-state index is 0.0684. The van der Waals surface area contributed by atoms with Crippen LogP contribution in [0.15, 0.2) is 24.5 Å². The Morgan fingerprint density at radius 2 is 2.19 bits per heavy atom. The Labute approximate surface area is 177 Å². The van der Waals surface area contributed by atoms with Crippen molar-refractivity contribution < 1.29 is 14.2 Å². The highest BCUT2D eigenvalue weighted by molar-refractivity contribution is 5.93. The molecule has 2 atom stereocenters. The van der Waals surface area contributed by atoms with Crippen LogP contribution in [-0.2, 0) is 12.1 Å². The normalized spacial score (nSPS) is 21.7. The van der Waals surface area contributed by atoms with Gasteiger partial charge in [0.05, 0.1) is 24.4 Å². The molecule has 0 bridgehead atoms. The Balaban J connectivity index is 1.56. The number of anilines is 1. The summed E-state index contributed by atoms with van der Waals surface area (Å²) >= 11 is 0. The standard InChI is InChI=1S/C21H24FN7O2/c1-3-28-11-13(10-24-28)21(30)6-4-5-12(9-21)18-26-19-14-7-15(22)17(31-2)8-16(14)25-20(23)29(19)27-18/h7-8,10-12,30H,3-6,9H2,1-2H3,(H2,23,25)/t12-,21-/m0/s1. The topological polar surface area (TPSA) is 116 Å². The van der Waals surface area contributed by atoms with Crippen molar-refractivity contribution in [2.75, 3.05) is 12.8 Å². The van der Waals surface area contributed by atoms with Crippen LogP contribution in [0, 0.1) is 5.82 Å². The second-order valence-electron chi connectivity index (χ2n) is 8.09. The van der Waals surface area contributed by atoms with E-state index in [0.29, 0.717) is 35.2 Å². The van der Waals surface area contributed by atoms with Crippen molar-refractivity contribution in [3.8, 4) is 5.75 Å². The molecule has 1 aliphatic carbocycles. The Hall–Kier alpha value is -3.27. The van der Waals surface area contributed by atoms with Crippen LogP contribution in [0.5, 0.6) is 5.75 Å². The van der Waals surface area contributed by atoms with Gasteiger partial charge in [0.15, 0.2) is 23.0 Å². The SMILES string of the molecule is CCn1cc([C@]2(O)CCC[C@H](c3nc4c5cc(F)c(OC)cc5nc(N)n4n3)C2)cn1. The molecule has 3 aromatic heterocycles. The van der Waals surface area contributed by atoms with E-state index in [2.05, 4.69) is 15.2 Å². The lowest BCUT2D eigenvalue weighted by atomic mass is 9.75. The zero-order valence-electron chi connectivity index (χ0n) is 17.4. The van der Waals surface area contributed by atoms with Crippen LogP contribution in [-0.4, -0.2) is 41.6 Å². The van der Waals surface area contributed by atoms with Crippen LogP contribution in [0.2, 0.25) is 0 Å². The minimum atomic E-state index is -0.987. The van der Waals surface area contributed by atoms with Crippen LogP contribution in [0.3, 0.4) is 0 Å². The fraction of sp³-hybridized carbons (Fsp3) is 0.429. The number of aliphatic hydroxyl groups is 1. The van der Waals surface area contributed by atoms with E-state index in [4.69, 9.17) is 15.5 Å². The number of aryl methyl sites for hydroxylation is 1. The number of halogens is 1. The predicted molar refractivity (Wildman–Crippen MR) is 112 cm³/mol. The summed E-state index contributed by atoms with van der Waals surface area (Å²) in [5.41, 5.74) is 6.85. The molecule has 162 valence electrons. The number of hydrogen-bond acceptors (Lipinski definition) is 7. The van der Waals surface area contributed by atoms with Crippen molar-refractivity contribution in [3.05, 3.63) is 41.7 Å². The molecular formula is C21H24FN7O2. The maximum Gasteiger partial charge on any atom is 0.223 e. The van der Waals surface area contributed by atoms with Crippen molar-refractivity contribution in [2.24, 2.45) is 0 Å². The highest BCUT2D eigenvalue weighted by atomic mass is 19.1. The molecule has 0 amide bonds. The van der Waals surface area contributed by atoms with Gasteiger partial charge in [0.2, 0.25) is 5.95 Å². The monoisotopic (exact) mass is 425 g/mol. The molecule has 0 radical (unpaired) electrons. The zero-order chi connectivity index (χ0) is 21.8. The van der Waals surface area contributed by atoms with Gasteiger partial charge < -0.3 is 15.6 Å². The van der Waals surface area contributed by atoms with Gasteiger partial charge in [0.1, 0.15) is 0 Å². The molecule has 3 heterocycles. The smallest absolute Gasteiger partial charge is 0.223 e. The average molecular weight is 425 g/mol. The van der Waals surface area contributed by atoms with E-state index in [-0.39, 0.29) is 17.6 Å². The summed E-state index contributed by atoms with van der Waals surface area (Å²) in [6, 6.07) is 2.84. The van der Waals surface area contributed by atoms with Gasteiger partial charge >= 0.3 is 0 Å². The number of aromatic nitrogens is 6. The lowest BCUT2D eigenvalue weighted by Gasteiger charge is -2.35. The molecule has 1 aliphatic rings. The van der Waals surface area contributed by atoms with E-state index in [1.54, 1.807) is 10.9 Å². The Morgan fingerprint density at radius 3 is 2.94 bits per heavy atom. The molecule has 0 unspecified atom stereocenters. The molecule has 10 heteroatoms. The maximum atomic E-state index is 14.3. The molecule has 31 heavy (non-hydrogen) atoms. The highest BCUT2D eigenvalue weighted by Crippen LogP contribution is 2.43. The van der Waals surface area contributed by atoms with Gasteiger partial charge in [-0.2, -0.15) is 9.61 Å². The first-order valence-corrected chi connectivity index (χ1v) is 10.4. The van der Waals surface area contributed by atoms with Crippen LogP contribution in [0.1, 0.15) is 49.9 Å². The molecule has 0 spiro atoms. The number of nitrogens with two attached hydrogens (primary N) is 1. The van der Waals surface area contributed by atoms with Crippen LogP contribution < -0.4 is 10.5 Å². The minimum Gasteiger partial charge on any atom is -0.494 e. The van der Waals surface area contributed by atoms with Crippen molar-refractivity contribution in [2.45, 2.75) is 50.7 Å². The Bertz CT molecular complexity index is 1280. The molecule has 1 aromatic carbocycles. The van der Waals surface area contributed by atoms with E-state index in [9.17, 15) is 9.50 Å². The van der Waals surface area contributed by atoms with Crippen molar-refractivity contribution >= 4 is 22.5 Å². The van der Waals surface area contributed by atoms with Crippen molar-refractivity contribution in [3.63, 3.8) is 0 Å². The van der Waals surface area contributed by atoms with Crippen molar-refractivity contribution in [1.29, 1.82) is 0 Å². The fourth-order valence-electron chi connectivity index (χ4n) is 4.49. The molecule has 9 nitrogen and oxygen atoms in total. The van der Waals surface area contributed by atoms with E-state index >= 15 is 0 Å². The van der Waals surface area contributed by atoms with Crippen LogP contribution in [0.4, 0.5) is 10.3 Å². The first-order valence-electron chi connectivity index (χ1n) is 10.4. The van der Waals surface area contributed by atoms with Gasteiger partial charge in [0, 0.05) is 35.7 Å². The lowest BCUT2D eigenvalue weighted by Crippen LogP contribution is -2.32. The lowest BCUT2D eigenvalue weighted by molar-refractivity contribution is -0.00946. The quantitative estimate of drug-likeness (QED) is 0.516. The van der Waals surface area contributed by atoms with E-state index in [0.717, 1.165) is 24.9 Å². The third kappa shape index (κ3) is 3.18. The predicted octanol–water partition coefficient (Wildman–Crippen LogP) is 2.77. The number of rotatable bonds is 4. The third-order valence-electron chi connectivity index (χ3n) is 6.17. The van der Waals surface area contributed by atoms with Crippen LogP contribution >= 0.6 is 0 Å². The van der Waals surface area contributed by atoms with Gasteiger partial charge in [0.25, 0.3) is 0 Å². The molecular weight excluding hydrogens is 401 g/mol. The number of ether oxygens (including phenoxy) is 1. The first-order chi connectivity index (χ1) is 14.9. The fourth-order valence-corrected chi connectivity index (χ4v) is 4.49. The summed E-state index contributed by atoms with van der Waals surface area (Å²) < 4.78 is 22.6. The zero-order valence-corrected chi connectivity index (χ0v) is 17.4. The summed E-state index contributed by atoms with van der Waals surface area (Å²) in [4.78, 5) is 9.03. The Morgan fingerprint density at radius 1 is 1.35 bits per heavy atom. The molecule has 3 N–H and O–H groups in total. The summed E-state index contributed by atoms with van der Waals surface area (Å²) in [5.74, 6) is 0.242. The molecule has 0 saturated heterocycles. The molecule has 1 fully saturated rings. The molecule has 0 aliphatic heterocycles. The van der Waals surface area contributed by atoms with Crippen LogP contribution in [0.25, 0.3) is 16.6 Å². The average Bonchev–Trinajstić information content (AvgIpc) is 3.42. The number of fused-ring (bicyclic) bond motifs is 3. The number of nitrogen functional groups attached to an aromatic ring is 1. The number of hydrogen-bond donors (Lipinski definition) is 2. The maximum absolute atomic E-state index is 14.3. The van der Waals surface area contributed by atoms with Gasteiger partial charge in [-0.15, -0.1) is 5.10 Å².